The number of pyridine rings is 1. The second-order valence-corrected chi connectivity index (χ2v) is 9.17. The number of thiazole rings is 1. The normalized spacial score (nSPS) is 16.6. The zero-order chi connectivity index (χ0) is 19.1. The third kappa shape index (κ3) is 3.80. The van der Waals surface area contributed by atoms with Crippen LogP contribution >= 0.6 is 69.3 Å². The first-order chi connectivity index (χ1) is 12.9. The maximum absolute atomic E-state index is 6.84. The molecule has 0 bridgehead atoms. The summed E-state index contributed by atoms with van der Waals surface area (Å²) in [6.07, 6.45) is 3.66. The van der Waals surface area contributed by atoms with Gasteiger partial charge in [-0.05, 0) is 41.4 Å². The molecule has 1 unspecified atom stereocenters. The Morgan fingerprint density at radius 3 is 2.48 bits per heavy atom. The number of allylic oxidation sites excluding steroid dienone is 1. The van der Waals surface area contributed by atoms with Gasteiger partial charge < -0.3 is 0 Å². The molecule has 138 valence electrons. The summed E-state index contributed by atoms with van der Waals surface area (Å²) in [5, 5.41) is 1.54. The summed E-state index contributed by atoms with van der Waals surface area (Å²) in [4.78, 5) is 7.05. The van der Waals surface area contributed by atoms with Crippen molar-refractivity contribution in [3.63, 3.8) is 0 Å². The van der Waals surface area contributed by atoms with Crippen molar-refractivity contribution in [2.45, 2.75) is 12.0 Å². The van der Waals surface area contributed by atoms with Gasteiger partial charge in [0.2, 0.25) is 10.7 Å². The lowest BCUT2D eigenvalue weighted by molar-refractivity contribution is -0.678. The van der Waals surface area contributed by atoms with Gasteiger partial charge in [-0.15, -0.1) is 11.3 Å². The topological polar surface area (TPSA) is 20.0 Å². The van der Waals surface area contributed by atoms with E-state index in [4.69, 9.17) is 58.0 Å². The summed E-state index contributed by atoms with van der Waals surface area (Å²) in [6.45, 7) is 0.509. The first-order valence-corrected chi connectivity index (χ1v) is 10.6. The number of hydrogen-bond donors (Lipinski definition) is 0. The van der Waals surface area contributed by atoms with Crippen LogP contribution in [0.2, 0.25) is 14.5 Å². The Balaban J connectivity index is 1.87. The van der Waals surface area contributed by atoms with Crippen LogP contribution in [0.3, 0.4) is 0 Å². The molecule has 1 aliphatic heterocycles. The second kappa shape index (κ2) is 7.78. The van der Waals surface area contributed by atoms with Crippen molar-refractivity contribution in [1.82, 2.24) is 4.98 Å². The van der Waals surface area contributed by atoms with Crippen molar-refractivity contribution in [3.05, 3.63) is 78.9 Å². The molecule has 0 saturated carbocycles. The van der Waals surface area contributed by atoms with Gasteiger partial charge in [0, 0.05) is 22.3 Å². The van der Waals surface area contributed by atoms with E-state index < -0.39 is 5.50 Å². The van der Waals surface area contributed by atoms with Crippen LogP contribution in [0.15, 0.2) is 53.9 Å². The van der Waals surface area contributed by atoms with E-state index in [0.717, 1.165) is 21.8 Å². The highest BCUT2D eigenvalue weighted by Gasteiger charge is 2.38. The molecular formula is C18H11Cl5N3S+. The molecule has 0 amide bonds. The van der Waals surface area contributed by atoms with Crippen LogP contribution in [-0.4, -0.2) is 4.98 Å². The van der Waals surface area contributed by atoms with Crippen molar-refractivity contribution < 1.29 is 4.57 Å². The fourth-order valence-corrected chi connectivity index (χ4v) is 5.28. The molecule has 1 aliphatic rings. The third-order valence-corrected chi connectivity index (χ3v) is 6.47. The molecular weight excluding hydrogens is 468 g/mol. The quantitative estimate of drug-likeness (QED) is 0.236. The predicted octanol–water partition coefficient (Wildman–Crippen LogP) is 6.76. The summed E-state index contributed by atoms with van der Waals surface area (Å²) < 4.78 is 2.43. The Bertz CT molecular complexity index is 1030. The number of halogens is 5. The van der Waals surface area contributed by atoms with Crippen molar-refractivity contribution in [3.8, 4) is 0 Å². The number of nitrogens with zero attached hydrogens (tertiary/aromatic N) is 3. The third-order valence-electron chi connectivity index (χ3n) is 4.10. The van der Waals surface area contributed by atoms with Crippen molar-refractivity contribution in [2.75, 3.05) is 4.90 Å². The molecule has 0 fully saturated rings. The van der Waals surface area contributed by atoms with Gasteiger partial charge in [-0.25, -0.2) is 14.5 Å². The van der Waals surface area contributed by atoms with Gasteiger partial charge in [0.1, 0.15) is 6.54 Å². The fourth-order valence-electron chi connectivity index (χ4n) is 2.98. The molecule has 3 aromatic rings. The van der Waals surface area contributed by atoms with Crippen molar-refractivity contribution in [1.29, 1.82) is 0 Å². The maximum atomic E-state index is 6.84. The van der Waals surface area contributed by atoms with Gasteiger partial charge in [0.05, 0.1) is 16.6 Å². The SMILES string of the molecule is ClC1=C(c2cc(Cl)cc(Cl)c2)C(Cl)[n+]2ccccc2N1Cc1cnc(Cl)s1. The minimum absolute atomic E-state index is 0.486. The number of aromatic nitrogens is 2. The van der Waals surface area contributed by atoms with Crippen LogP contribution < -0.4 is 9.47 Å². The van der Waals surface area contributed by atoms with Gasteiger partial charge >= 0.3 is 0 Å². The fraction of sp³-hybridized carbons (Fsp3) is 0.111. The molecule has 0 spiro atoms. The number of fused-ring (bicyclic) bond motifs is 1. The van der Waals surface area contributed by atoms with Gasteiger partial charge in [0.15, 0.2) is 4.47 Å². The standard InChI is InChI=1S/C18H11Cl5N3S/c19-11-5-10(6-12(20)7-11)15-16(21)25-4-2-1-3-14(25)26(17(15)22)9-13-8-24-18(23)27-13/h1-8,16H,9H2/q+1. The molecule has 27 heavy (non-hydrogen) atoms. The monoisotopic (exact) mass is 476 g/mol. The van der Waals surface area contributed by atoms with E-state index in [1.807, 2.05) is 33.9 Å². The van der Waals surface area contributed by atoms with E-state index in [1.165, 1.54) is 11.3 Å². The molecule has 0 saturated heterocycles. The van der Waals surface area contributed by atoms with E-state index in [0.29, 0.717) is 26.2 Å². The van der Waals surface area contributed by atoms with Crippen LogP contribution in [0.4, 0.5) is 5.82 Å². The first-order valence-electron chi connectivity index (χ1n) is 7.82. The lowest BCUT2D eigenvalue weighted by Crippen LogP contribution is -2.47. The van der Waals surface area contributed by atoms with Crippen LogP contribution in [-0.2, 0) is 6.54 Å². The molecule has 3 nitrogen and oxygen atoms in total. The van der Waals surface area contributed by atoms with E-state index in [-0.39, 0.29) is 0 Å². The zero-order valence-electron chi connectivity index (χ0n) is 13.5. The average molecular weight is 479 g/mol. The number of benzene rings is 1. The molecule has 2 aromatic heterocycles. The molecule has 9 heteroatoms. The Morgan fingerprint density at radius 2 is 1.81 bits per heavy atom. The van der Waals surface area contributed by atoms with Crippen LogP contribution in [0, 0.1) is 0 Å². The highest BCUT2D eigenvalue weighted by molar-refractivity contribution is 7.15. The van der Waals surface area contributed by atoms with Gasteiger partial charge in [-0.1, -0.05) is 52.5 Å². The summed E-state index contributed by atoms with van der Waals surface area (Å²) >= 11 is 33.4. The van der Waals surface area contributed by atoms with Crippen molar-refractivity contribution >= 4 is 80.7 Å². The molecule has 0 N–H and O–H groups in total. The summed E-state index contributed by atoms with van der Waals surface area (Å²) in [6, 6.07) is 11.1. The molecule has 0 radical (unpaired) electrons. The Morgan fingerprint density at radius 1 is 1.07 bits per heavy atom. The summed E-state index contributed by atoms with van der Waals surface area (Å²) in [5.74, 6) is 0.865. The van der Waals surface area contributed by atoms with Crippen LogP contribution in [0.25, 0.3) is 5.57 Å². The van der Waals surface area contributed by atoms with Gasteiger partial charge in [-0.3, -0.25) is 0 Å². The van der Waals surface area contributed by atoms with Gasteiger partial charge in [-0.2, -0.15) is 0 Å². The smallest absolute Gasteiger partial charge is 0.233 e. The lowest BCUT2D eigenvalue weighted by atomic mass is 10.0. The number of anilines is 1. The number of rotatable bonds is 3. The molecule has 4 rings (SSSR count). The Kier molecular flexibility index (Phi) is 5.57. The minimum atomic E-state index is -0.510. The molecule has 0 aliphatic carbocycles. The number of hydrogen-bond acceptors (Lipinski definition) is 3. The predicted molar refractivity (Wildman–Crippen MR) is 114 cm³/mol. The van der Waals surface area contributed by atoms with E-state index >= 15 is 0 Å². The molecule has 1 atom stereocenters. The Labute approximate surface area is 185 Å². The highest BCUT2D eigenvalue weighted by atomic mass is 35.5. The summed E-state index contributed by atoms with van der Waals surface area (Å²) in [5.41, 5.74) is 0.985. The maximum Gasteiger partial charge on any atom is 0.284 e. The largest absolute Gasteiger partial charge is 0.284 e. The first kappa shape index (κ1) is 19.3. The van der Waals surface area contributed by atoms with Gasteiger partial charge in [0.25, 0.3) is 5.82 Å². The summed E-state index contributed by atoms with van der Waals surface area (Å²) in [7, 11) is 0. The van der Waals surface area contributed by atoms with Crippen LogP contribution in [0.5, 0.6) is 0 Å². The average Bonchev–Trinajstić information content (AvgIpc) is 3.03. The highest BCUT2D eigenvalue weighted by Crippen LogP contribution is 2.42. The molecule has 3 heterocycles. The zero-order valence-corrected chi connectivity index (χ0v) is 18.1. The minimum Gasteiger partial charge on any atom is -0.233 e. The van der Waals surface area contributed by atoms with E-state index in [2.05, 4.69) is 4.98 Å². The molecule has 1 aromatic carbocycles. The lowest BCUT2D eigenvalue weighted by Gasteiger charge is -2.28. The Hall–Kier alpha value is -1.01. The number of alkyl halides is 1. The van der Waals surface area contributed by atoms with E-state index in [1.54, 1.807) is 24.4 Å². The second-order valence-electron chi connectivity index (χ2n) is 5.83. The van der Waals surface area contributed by atoms with Crippen LogP contribution in [0.1, 0.15) is 15.9 Å². The van der Waals surface area contributed by atoms with E-state index in [9.17, 15) is 0 Å². The van der Waals surface area contributed by atoms with Crippen molar-refractivity contribution in [2.24, 2.45) is 0 Å².